The average molecular weight is 347 g/mol. The summed E-state index contributed by atoms with van der Waals surface area (Å²) in [6.45, 7) is 5.31. The van der Waals surface area contributed by atoms with E-state index < -0.39 is 0 Å². The maximum Gasteiger partial charge on any atom is 0.203 e. The van der Waals surface area contributed by atoms with Gasteiger partial charge < -0.3 is 9.13 Å². The molecule has 0 aliphatic carbocycles. The number of carbonyl (C=O) groups excluding carboxylic acids is 1. The number of Topliss-reactive ketones (excluding diaryl/α,β-unsaturated/α-hetero) is 1. The number of benzene rings is 2. The molecule has 0 saturated heterocycles. The number of ketones is 1. The van der Waals surface area contributed by atoms with Crippen LogP contribution in [0.25, 0.3) is 11.0 Å². The minimum atomic E-state index is 0.0416. The molecule has 3 aromatic rings. The first-order valence-electron chi connectivity index (χ1n) is 9.42. The van der Waals surface area contributed by atoms with Gasteiger partial charge in [-0.05, 0) is 24.5 Å². The molecule has 4 nitrogen and oxygen atoms in total. The van der Waals surface area contributed by atoms with Crippen LogP contribution >= 0.6 is 0 Å². The molecule has 0 radical (unpaired) electrons. The van der Waals surface area contributed by atoms with Crippen molar-refractivity contribution in [2.24, 2.45) is 0 Å². The van der Waals surface area contributed by atoms with Crippen molar-refractivity contribution in [1.29, 1.82) is 5.41 Å². The van der Waals surface area contributed by atoms with Gasteiger partial charge in [-0.25, -0.2) is 0 Å². The fourth-order valence-electron chi connectivity index (χ4n) is 3.43. The van der Waals surface area contributed by atoms with E-state index in [9.17, 15) is 4.79 Å². The number of rotatable bonds is 7. The van der Waals surface area contributed by atoms with Crippen LogP contribution in [-0.4, -0.2) is 22.8 Å². The number of imidazole rings is 1. The molecule has 0 unspecified atom stereocenters. The number of aryl methyl sites for hydroxylation is 2. The summed E-state index contributed by atoms with van der Waals surface area (Å²) in [6.07, 6.45) is 3.02. The van der Waals surface area contributed by atoms with Crippen LogP contribution in [0.15, 0.2) is 42.5 Å². The maximum atomic E-state index is 12.8. The Labute approximate surface area is 155 Å². The Hall–Kier alpha value is -2.56. The summed E-state index contributed by atoms with van der Waals surface area (Å²) in [5, 5.41) is 8.69. The van der Waals surface area contributed by atoms with Crippen LogP contribution in [0.1, 0.15) is 42.6 Å². The van der Waals surface area contributed by atoms with Crippen molar-refractivity contribution in [3.63, 3.8) is 0 Å². The topological polar surface area (TPSA) is 50.8 Å². The first-order chi connectivity index (χ1) is 12.6. The van der Waals surface area contributed by atoms with E-state index in [1.807, 2.05) is 48.8 Å². The second-order valence-electron chi connectivity index (χ2n) is 6.84. The van der Waals surface area contributed by atoms with Gasteiger partial charge in [0.25, 0.3) is 0 Å². The van der Waals surface area contributed by atoms with Gasteiger partial charge in [0.2, 0.25) is 5.62 Å². The van der Waals surface area contributed by atoms with Gasteiger partial charge in [-0.3, -0.25) is 10.2 Å². The number of hydrogen-bond acceptors (Lipinski definition) is 2. The van der Waals surface area contributed by atoms with Crippen molar-refractivity contribution in [2.45, 2.75) is 46.2 Å². The van der Waals surface area contributed by atoms with Crippen LogP contribution < -0.4 is 11.1 Å². The molecule has 3 rings (SSSR count). The van der Waals surface area contributed by atoms with E-state index in [2.05, 4.69) is 24.5 Å². The lowest BCUT2D eigenvalue weighted by atomic mass is 9.94. The third-order valence-electron chi connectivity index (χ3n) is 4.96. The van der Waals surface area contributed by atoms with Gasteiger partial charge in [0, 0.05) is 12.1 Å². The minimum Gasteiger partial charge on any atom is -0.310 e. The summed E-state index contributed by atoms with van der Waals surface area (Å²) in [5.41, 5.74) is 5.56. The maximum absolute atomic E-state index is 12.8. The summed E-state index contributed by atoms with van der Waals surface area (Å²) >= 11 is 0. The van der Waals surface area contributed by atoms with Crippen molar-refractivity contribution in [2.75, 3.05) is 0 Å². The highest BCUT2D eigenvalue weighted by molar-refractivity contribution is 6.32. The molecule has 0 bridgehead atoms. The number of carbonyl (C=O) groups is 1. The van der Waals surface area contributed by atoms with E-state index in [0.29, 0.717) is 11.2 Å². The van der Waals surface area contributed by atoms with E-state index in [0.717, 1.165) is 42.3 Å². The molecular formula is C21H26BN3O. The van der Waals surface area contributed by atoms with Crippen LogP contribution in [0.3, 0.4) is 0 Å². The van der Waals surface area contributed by atoms with E-state index >= 15 is 0 Å². The van der Waals surface area contributed by atoms with Crippen LogP contribution in [-0.2, 0) is 19.5 Å². The van der Waals surface area contributed by atoms with Crippen molar-refractivity contribution >= 4 is 30.1 Å². The van der Waals surface area contributed by atoms with Gasteiger partial charge in [0.1, 0.15) is 7.85 Å². The highest BCUT2D eigenvalue weighted by Crippen LogP contribution is 2.20. The minimum absolute atomic E-state index is 0.0416. The fraction of sp³-hybridized carbons (Fsp3) is 0.333. The van der Waals surface area contributed by atoms with E-state index in [1.165, 1.54) is 5.56 Å². The van der Waals surface area contributed by atoms with Gasteiger partial charge in [0.05, 0.1) is 17.6 Å². The molecule has 0 fully saturated rings. The van der Waals surface area contributed by atoms with Crippen LogP contribution in [0, 0.1) is 5.41 Å². The SMILES string of the molecule is Bc1ccc(C(=O)Cn2c(=N)n(CCCC)c3c(CC)cccc32)cc1. The quantitative estimate of drug-likeness (QED) is 0.518. The second kappa shape index (κ2) is 7.77. The van der Waals surface area contributed by atoms with Crippen LogP contribution in [0.5, 0.6) is 0 Å². The predicted octanol–water partition coefficient (Wildman–Crippen LogP) is 2.43. The number of para-hydroxylation sites is 1. The van der Waals surface area contributed by atoms with Gasteiger partial charge in [0.15, 0.2) is 5.78 Å². The monoisotopic (exact) mass is 347 g/mol. The highest BCUT2D eigenvalue weighted by Gasteiger charge is 2.16. The molecule has 134 valence electrons. The normalized spacial score (nSPS) is 11.2. The standard InChI is InChI=1S/C21H26BN3O/c1-3-5-13-24-20-15(4-2)7-6-8-18(20)25(21(24)23)14-19(26)16-9-11-17(22)12-10-16/h6-12,23H,3-5,13-14,22H2,1-2H3. The number of nitrogens with zero attached hydrogens (tertiary/aromatic N) is 2. The molecule has 0 aliphatic heterocycles. The Balaban J connectivity index is 2.08. The second-order valence-corrected chi connectivity index (χ2v) is 6.84. The summed E-state index contributed by atoms with van der Waals surface area (Å²) < 4.78 is 3.92. The smallest absolute Gasteiger partial charge is 0.203 e. The Morgan fingerprint density at radius 1 is 1.08 bits per heavy atom. The van der Waals surface area contributed by atoms with Gasteiger partial charge in [-0.2, -0.15) is 0 Å². The number of aromatic nitrogens is 2. The molecule has 1 aromatic heterocycles. The Bertz CT molecular complexity index is 983. The zero-order valence-electron chi connectivity index (χ0n) is 15.9. The van der Waals surface area contributed by atoms with Crippen LogP contribution in [0.4, 0.5) is 0 Å². The number of hydrogen-bond donors (Lipinski definition) is 1. The van der Waals surface area contributed by atoms with Crippen LogP contribution in [0.2, 0.25) is 0 Å². The zero-order valence-corrected chi connectivity index (χ0v) is 15.9. The molecule has 0 spiro atoms. The molecule has 26 heavy (non-hydrogen) atoms. The lowest BCUT2D eigenvalue weighted by Gasteiger charge is -2.06. The first-order valence-corrected chi connectivity index (χ1v) is 9.42. The number of fused-ring (bicyclic) bond motifs is 1. The van der Waals surface area contributed by atoms with Gasteiger partial charge in [-0.1, -0.05) is 62.1 Å². The summed E-state index contributed by atoms with van der Waals surface area (Å²) in [4.78, 5) is 12.8. The Morgan fingerprint density at radius 2 is 1.81 bits per heavy atom. The molecule has 0 atom stereocenters. The first kappa shape index (κ1) is 18.2. The molecule has 5 heteroatoms. The van der Waals surface area contributed by atoms with Crippen molar-refractivity contribution in [1.82, 2.24) is 9.13 Å². The molecule has 0 aliphatic rings. The molecule has 2 aromatic carbocycles. The van der Waals surface area contributed by atoms with Gasteiger partial charge in [-0.15, -0.1) is 0 Å². The molecule has 1 heterocycles. The largest absolute Gasteiger partial charge is 0.310 e. The molecule has 1 N–H and O–H groups in total. The van der Waals surface area contributed by atoms with Crippen molar-refractivity contribution < 1.29 is 4.79 Å². The third-order valence-corrected chi connectivity index (χ3v) is 4.96. The summed E-state index contributed by atoms with van der Waals surface area (Å²) in [5.74, 6) is 0.0416. The molecule has 0 amide bonds. The third kappa shape index (κ3) is 3.39. The Morgan fingerprint density at radius 3 is 2.46 bits per heavy atom. The van der Waals surface area contributed by atoms with Crippen molar-refractivity contribution in [3.05, 3.63) is 59.2 Å². The zero-order chi connectivity index (χ0) is 18.7. The summed E-state index contributed by atoms with van der Waals surface area (Å²) in [6, 6.07) is 13.8. The fourth-order valence-corrected chi connectivity index (χ4v) is 3.43. The number of nitrogens with one attached hydrogen (secondary N) is 1. The van der Waals surface area contributed by atoms with Crippen molar-refractivity contribution in [3.8, 4) is 0 Å². The lowest BCUT2D eigenvalue weighted by Crippen LogP contribution is -2.27. The summed E-state index contributed by atoms with van der Waals surface area (Å²) in [7, 11) is 2.01. The predicted molar refractivity (Wildman–Crippen MR) is 109 cm³/mol. The Kier molecular flexibility index (Phi) is 5.45. The number of unbranched alkanes of at least 4 members (excludes halogenated alkanes) is 1. The lowest BCUT2D eigenvalue weighted by molar-refractivity contribution is 0.0971. The van der Waals surface area contributed by atoms with E-state index in [1.54, 1.807) is 0 Å². The molecular weight excluding hydrogens is 321 g/mol. The van der Waals surface area contributed by atoms with E-state index in [-0.39, 0.29) is 12.3 Å². The van der Waals surface area contributed by atoms with E-state index in [4.69, 9.17) is 5.41 Å². The van der Waals surface area contributed by atoms with Gasteiger partial charge >= 0.3 is 0 Å². The molecule has 0 saturated carbocycles. The average Bonchev–Trinajstić information content (AvgIpc) is 2.92. The highest BCUT2D eigenvalue weighted by atomic mass is 16.1.